The summed E-state index contributed by atoms with van der Waals surface area (Å²) in [4.78, 5) is 4.85. The van der Waals surface area contributed by atoms with Crippen molar-refractivity contribution in [2.75, 3.05) is 9.80 Å². The molecule has 0 aliphatic rings. The maximum atomic E-state index is 6.34. The Morgan fingerprint density at radius 1 is 0.295 bits per heavy atom. The summed E-state index contributed by atoms with van der Waals surface area (Å²) in [5.41, 5.74) is 13.5. The van der Waals surface area contributed by atoms with E-state index in [9.17, 15) is 0 Å². The van der Waals surface area contributed by atoms with Gasteiger partial charge in [0.25, 0.3) is 0 Å². The Morgan fingerprint density at radius 3 is 0.923 bits per heavy atom. The number of benzene rings is 11. The van der Waals surface area contributed by atoms with E-state index in [-0.39, 0.29) is 11.2 Å². The van der Waals surface area contributed by atoms with Crippen LogP contribution in [0.25, 0.3) is 86.9 Å². The fourth-order valence-corrected chi connectivity index (χ4v) is 12.3. The van der Waals surface area contributed by atoms with Crippen molar-refractivity contribution in [1.29, 1.82) is 0 Å². The van der Waals surface area contributed by atoms with E-state index in [4.69, 9.17) is 9.47 Å². The highest BCUT2D eigenvalue weighted by Gasteiger charge is 2.30. The van der Waals surface area contributed by atoms with Crippen LogP contribution in [-0.4, -0.2) is 11.2 Å². The summed E-state index contributed by atoms with van der Waals surface area (Å²) in [5.74, 6) is 1.70. The van der Waals surface area contributed by atoms with Gasteiger partial charge in [-0.15, -0.1) is 0 Å². The quantitative estimate of drug-likeness (QED) is 0.122. The second-order valence-corrected chi connectivity index (χ2v) is 22.8. The lowest BCUT2D eigenvalue weighted by atomic mass is 9.87. The van der Waals surface area contributed by atoms with Gasteiger partial charge in [-0.1, -0.05) is 147 Å². The fourth-order valence-electron chi connectivity index (χ4n) is 12.3. The zero-order valence-electron chi connectivity index (χ0n) is 45.9. The van der Waals surface area contributed by atoms with Gasteiger partial charge >= 0.3 is 0 Å². The van der Waals surface area contributed by atoms with Crippen molar-refractivity contribution in [1.82, 2.24) is 0 Å². The summed E-state index contributed by atoms with van der Waals surface area (Å²) < 4.78 is 12.7. The molecule has 0 N–H and O–H groups in total. The van der Waals surface area contributed by atoms with Crippen LogP contribution in [0.3, 0.4) is 0 Å². The van der Waals surface area contributed by atoms with Crippen LogP contribution in [-0.2, 0) is 12.8 Å². The molecular formula is C74H64N2O2. The number of hydrogen-bond donors (Lipinski definition) is 0. The number of anilines is 6. The van der Waals surface area contributed by atoms with Crippen LogP contribution in [0.4, 0.5) is 34.1 Å². The topological polar surface area (TPSA) is 24.9 Å². The Kier molecular flexibility index (Phi) is 11.9. The molecule has 0 atom stereocenters. The lowest BCUT2D eigenvalue weighted by Gasteiger charge is -2.28. The third-order valence-corrected chi connectivity index (χ3v) is 15.5. The van der Waals surface area contributed by atoms with Crippen LogP contribution in [0, 0.1) is 0 Å². The zero-order valence-corrected chi connectivity index (χ0v) is 45.9. The van der Waals surface area contributed by atoms with Crippen LogP contribution in [0.1, 0.15) is 66.5 Å². The van der Waals surface area contributed by atoms with E-state index in [1.807, 2.05) is 0 Å². The van der Waals surface area contributed by atoms with E-state index in [1.54, 1.807) is 0 Å². The first-order chi connectivity index (χ1) is 37.9. The maximum Gasteiger partial charge on any atom is 0.120 e. The molecule has 0 saturated heterocycles. The number of nitrogens with zero attached hydrogens (tertiary/aromatic N) is 2. The third-order valence-electron chi connectivity index (χ3n) is 15.5. The normalized spacial score (nSPS) is 12.2. The van der Waals surface area contributed by atoms with E-state index in [1.165, 1.54) is 98.0 Å². The van der Waals surface area contributed by atoms with Gasteiger partial charge in [0.05, 0.1) is 11.4 Å². The maximum absolute atomic E-state index is 6.34. The Hall–Kier alpha value is -8.86. The molecule has 0 spiro atoms. The van der Waals surface area contributed by atoms with E-state index < -0.39 is 0 Å². The Balaban J connectivity index is 1.12. The smallest absolute Gasteiger partial charge is 0.120 e. The van der Waals surface area contributed by atoms with Gasteiger partial charge in [0.1, 0.15) is 22.7 Å². The molecule has 0 aliphatic carbocycles. The highest BCUT2D eigenvalue weighted by Crippen LogP contribution is 2.58. The summed E-state index contributed by atoms with van der Waals surface area (Å²) in [7, 11) is 0. The predicted molar refractivity (Wildman–Crippen MR) is 334 cm³/mol. The molecule has 4 heteroatoms. The van der Waals surface area contributed by atoms with Crippen molar-refractivity contribution >= 4 is 98.8 Å². The highest BCUT2D eigenvalue weighted by atomic mass is 16.5. The molecule has 0 bridgehead atoms. The molecule has 4 nitrogen and oxygen atoms in total. The highest BCUT2D eigenvalue weighted by molar-refractivity contribution is 6.47. The second kappa shape index (κ2) is 19.0. The van der Waals surface area contributed by atoms with Gasteiger partial charge in [-0.2, -0.15) is 0 Å². The van der Waals surface area contributed by atoms with E-state index in [0.717, 1.165) is 58.5 Å². The Morgan fingerprint density at radius 2 is 0.603 bits per heavy atom. The van der Waals surface area contributed by atoms with Gasteiger partial charge < -0.3 is 19.3 Å². The van der Waals surface area contributed by atoms with Gasteiger partial charge in [-0.3, -0.25) is 0 Å². The minimum Gasteiger partial charge on any atom is -0.488 e. The van der Waals surface area contributed by atoms with Gasteiger partial charge in [0.15, 0.2) is 0 Å². The van der Waals surface area contributed by atoms with Crippen LogP contribution in [0.15, 0.2) is 218 Å². The van der Waals surface area contributed by atoms with Gasteiger partial charge in [0, 0.05) is 33.5 Å². The molecule has 0 aliphatic heterocycles. The van der Waals surface area contributed by atoms with Crippen molar-refractivity contribution < 1.29 is 9.47 Å². The summed E-state index contributed by atoms with van der Waals surface area (Å²) in [6.07, 6.45) is 1.95. The molecule has 0 unspecified atom stereocenters. The summed E-state index contributed by atoms with van der Waals surface area (Å²) in [5, 5.41) is 15.0. The minimum atomic E-state index is -0.308. The number of hydrogen-bond acceptors (Lipinski definition) is 4. The van der Waals surface area contributed by atoms with Crippen molar-refractivity contribution in [3.05, 3.63) is 230 Å². The minimum absolute atomic E-state index is 0.308. The molecule has 0 heterocycles. The predicted octanol–water partition coefficient (Wildman–Crippen LogP) is 21.2. The van der Waals surface area contributed by atoms with Gasteiger partial charge in [-0.25, -0.2) is 0 Å². The van der Waals surface area contributed by atoms with Crippen molar-refractivity contribution in [2.24, 2.45) is 0 Å². The average Bonchev–Trinajstić information content (AvgIpc) is 4.20. The van der Waals surface area contributed by atoms with Gasteiger partial charge in [-0.05, 0) is 227 Å². The second-order valence-electron chi connectivity index (χ2n) is 22.8. The van der Waals surface area contributed by atoms with E-state index in [0.29, 0.717) is 0 Å². The number of fused-ring (bicyclic) bond motifs is 6. The molecule has 78 heavy (non-hydrogen) atoms. The SMILES string of the molecule is CCc1ccc(N(c2ccc(OC(C)(C)C)cc2)c2ccc3c4c(-c5ccccc5)c5c6ccc(N(c7ccc(CC)cc7)c7ccc(OC(C)(C)C)cc7)c7cccc(c5c(-c5ccccc5)c4c4cccc2c43)c76)cc1. The monoisotopic (exact) mass is 1010 g/mol. The first-order valence-corrected chi connectivity index (χ1v) is 27.7. The molecule has 382 valence electrons. The zero-order chi connectivity index (χ0) is 53.5. The fraction of sp³-hybridized carbons (Fsp3) is 0.162. The number of rotatable bonds is 12. The lowest BCUT2D eigenvalue weighted by molar-refractivity contribution is 0.130. The first kappa shape index (κ1) is 48.8. The summed E-state index contributed by atoms with van der Waals surface area (Å²) in [6, 6.07) is 81.1. The lowest BCUT2D eigenvalue weighted by Crippen LogP contribution is -2.22. The summed E-state index contributed by atoms with van der Waals surface area (Å²) >= 11 is 0. The van der Waals surface area contributed by atoms with Crippen LogP contribution < -0.4 is 19.3 Å². The molecule has 13 aromatic carbocycles. The van der Waals surface area contributed by atoms with Crippen molar-refractivity contribution in [2.45, 2.75) is 79.4 Å². The van der Waals surface area contributed by atoms with E-state index in [2.05, 4.69) is 284 Å². The standard InChI is InChI=1S/C74H64N2O2/c1-9-47-27-31-51(32-28-47)75(53-35-39-55(40-36-53)77-73(3,4)5)63-45-43-61-67-57(63)23-17-25-59(67)69-65(49-19-13-11-14-20-49)70-60-26-18-24-58-64(46-44-62(68(58)60)72(70)66(71(61)69)50-21-15-12-16-22-50)76(52-33-29-48(10-2)30-34-52)54-37-41-56(42-38-54)78-74(6,7)8/h11-46H,9-10H2,1-8H3. The Bertz CT molecular complexity index is 3970. The van der Waals surface area contributed by atoms with Crippen molar-refractivity contribution in [3.63, 3.8) is 0 Å². The molecule has 13 rings (SSSR count). The van der Waals surface area contributed by atoms with Crippen molar-refractivity contribution in [3.8, 4) is 33.8 Å². The molecule has 13 aromatic rings. The molecule has 0 saturated carbocycles. The Labute approximate surface area is 458 Å². The van der Waals surface area contributed by atoms with Crippen LogP contribution in [0.5, 0.6) is 11.5 Å². The largest absolute Gasteiger partial charge is 0.488 e. The first-order valence-electron chi connectivity index (χ1n) is 27.7. The van der Waals surface area contributed by atoms with Crippen LogP contribution in [0.2, 0.25) is 0 Å². The molecule has 0 aromatic heterocycles. The van der Waals surface area contributed by atoms with E-state index >= 15 is 0 Å². The molecule has 0 fully saturated rings. The average molecular weight is 1010 g/mol. The summed E-state index contributed by atoms with van der Waals surface area (Å²) in [6.45, 7) is 17.0. The third kappa shape index (κ3) is 8.39. The number of ether oxygens (including phenoxy) is 2. The molecule has 0 radical (unpaired) electrons. The number of aryl methyl sites for hydroxylation is 2. The van der Waals surface area contributed by atoms with Crippen LogP contribution >= 0.6 is 0 Å². The van der Waals surface area contributed by atoms with Gasteiger partial charge in [0.2, 0.25) is 0 Å². The molecular weight excluding hydrogens is 949 g/mol. The molecule has 0 amide bonds.